The summed E-state index contributed by atoms with van der Waals surface area (Å²) in [6.07, 6.45) is 5.05. The molecule has 0 radical (unpaired) electrons. The van der Waals surface area contributed by atoms with E-state index in [2.05, 4.69) is 20.0 Å². The maximum absolute atomic E-state index is 12.6. The number of amides is 1. The van der Waals surface area contributed by atoms with Crippen molar-refractivity contribution in [2.24, 2.45) is 5.92 Å². The number of aromatic nitrogens is 2. The van der Waals surface area contributed by atoms with Gasteiger partial charge in [0, 0.05) is 18.2 Å². The molecule has 9 nitrogen and oxygen atoms in total. The van der Waals surface area contributed by atoms with E-state index in [1.54, 1.807) is 12.1 Å². The summed E-state index contributed by atoms with van der Waals surface area (Å²) in [4.78, 5) is 20.0. The Kier molecular flexibility index (Phi) is 6.53. The summed E-state index contributed by atoms with van der Waals surface area (Å²) < 4.78 is 37.6. The molecule has 1 aromatic carbocycles. The predicted molar refractivity (Wildman–Crippen MR) is 108 cm³/mol. The van der Waals surface area contributed by atoms with Crippen LogP contribution in [0.3, 0.4) is 0 Å². The molecule has 1 aliphatic rings. The lowest BCUT2D eigenvalue weighted by Crippen LogP contribution is -2.16. The van der Waals surface area contributed by atoms with Gasteiger partial charge in [-0.05, 0) is 43.0 Å². The number of hydrogen-bond acceptors (Lipinski definition) is 7. The molecule has 1 fully saturated rings. The zero-order chi connectivity index (χ0) is 20.9. The molecule has 2 N–H and O–H groups in total. The molecule has 1 aliphatic carbocycles. The largest absolute Gasteiger partial charge is 0.481 e. The number of carbonyl (C=O) groups excluding carboxylic acids is 1. The lowest BCUT2D eigenvalue weighted by atomic mass is 10.0. The van der Waals surface area contributed by atoms with Crippen LogP contribution in [0.1, 0.15) is 32.1 Å². The number of sulfonamides is 1. The number of nitrogens with zero attached hydrogens (tertiary/aromatic N) is 2. The number of methoxy groups -OCH3 is 2. The molecule has 0 saturated heterocycles. The first kappa shape index (κ1) is 20.8. The molecular formula is C19H24N4O5S. The van der Waals surface area contributed by atoms with Crippen molar-refractivity contribution in [2.75, 3.05) is 24.3 Å². The first-order chi connectivity index (χ1) is 13.9. The van der Waals surface area contributed by atoms with E-state index in [1.807, 2.05) is 0 Å². The van der Waals surface area contributed by atoms with Gasteiger partial charge in [-0.3, -0.25) is 9.52 Å². The van der Waals surface area contributed by atoms with Crippen molar-refractivity contribution in [2.45, 2.75) is 37.0 Å². The van der Waals surface area contributed by atoms with Gasteiger partial charge in [0.15, 0.2) is 5.82 Å². The van der Waals surface area contributed by atoms with E-state index in [0.29, 0.717) is 18.0 Å². The minimum atomic E-state index is -3.89. The van der Waals surface area contributed by atoms with Crippen molar-refractivity contribution in [3.8, 4) is 11.9 Å². The maximum Gasteiger partial charge on any atom is 0.321 e. The van der Waals surface area contributed by atoms with Gasteiger partial charge in [-0.1, -0.05) is 12.8 Å². The molecule has 10 heteroatoms. The normalized spacial score (nSPS) is 14.4. The number of benzene rings is 1. The van der Waals surface area contributed by atoms with Crippen LogP contribution >= 0.6 is 0 Å². The van der Waals surface area contributed by atoms with Crippen molar-refractivity contribution >= 4 is 27.4 Å². The zero-order valence-corrected chi connectivity index (χ0v) is 17.2. The number of anilines is 2. The monoisotopic (exact) mass is 420 g/mol. The van der Waals surface area contributed by atoms with Gasteiger partial charge in [-0.2, -0.15) is 9.97 Å². The van der Waals surface area contributed by atoms with Gasteiger partial charge in [-0.25, -0.2) is 8.42 Å². The smallest absolute Gasteiger partial charge is 0.321 e. The molecule has 29 heavy (non-hydrogen) atoms. The van der Waals surface area contributed by atoms with Crippen molar-refractivity contribution in [3.63, 3.8) is 0 Å². The van der Waals surface area contributed by atoms with Crippen LogP contribution in [-0.4, -0.2) is 38.5 Å². The third-order valence-electron chi connectivity index (χ3n) is 4.71. The Morgan fingerprint density at radius 3 is 2.41 bits per heavy atom. The highest BCUT2D eigenvalue weighted by Crippen LogP contribution is 2.28. The Labute approximate surface area is 169 Å². The molecule has 156 valence electrons. The van der Waals surface area contributed by atoms with Crippen LogP contribution in [0.4, 0.5) is 11.5 Å². The van der Waals surface area contributed by atoms with E-state index < -0.39 is 10.0 Å². The number of nitrogens with one attached hydrogen (secondary N) is 2. The Balaban J connectivity index is 1.67. The van der Waals surface area contributed by atoms with Crippen LogP contribution in [-0.2, 0) is 14.8 Å². The van der Waals surface area contributed by atoms with Crippen LogP contribution in [0.5, 0.6) is 11.9 Å². The van der Waals surface area contributed by atoms with Crippen molar-refractivity contribution < 1.29 is 22.7 Å². The summed E-state index contributed by atoms with van der Waals surface area (Å²) in [6.45, 7) is 0. The van der Waals surface area contributed by atoms with Gasteiger partial charge in [-0.15, -0.1) is 0 Å². The second-order valence-electron chi connectivity index (χ2n) is 6.81. The Morgan fingerprint density at radius 2 is 1.79 bits per heavy atom. The first-order valence-corrected chi connectivity index (χ1v) is 10.8. The molecule has 1 saturated carbocycles. The Bertz CT molecular complexity index is 935. The molecule has 1 heterocycles. The van der Waals surface area contributed by atoms with E-state index in [4.69, 9.17) is 9.47 Å². The summed E-state index contributed by atoms with van der Waals surface area (Å²) in [6, 6.07) is 7.27. The topological polar surface area (TPSA) is 120 Å². The summed E-state index contributed by atoms with van der Waals surface area (Å²) in [5, 5.41) is 2.82. The number of ether oxygens (including phenoxy) is 2. The lowest BCUT2D eigenvalue weighted by Gasteiger charge is -2.11. The number of rotatable bonds is 8. The van der Waals surface area contributed by atoms with Crippen molar-refractivity contribution in [1.29, 1.82) is 0 Å². The first-order valence-electron chi connectivity index (χ1n) is 9.29. The van der Waals surface area contributed by atoms with Gasteiger partial charge >= 0.3 is 6.01 Å². The molecule has 0 atom stereocenters. The fourth-order valence-electron chi connectivity index (χ4n) is 3.25. The van der Waals surface area contributed by atoms with Crippen molar-refractivity contribution in [1.82, 2.24) is 9.97 Å². The number of hydrogen-bond donors (Lipinski definition) is 2. The quantitative estimate of drug-likeness (QED) is 0.674. The highest BCUT2D eigenvalue weighted by atomic mass is 32.2. The van der Waals surface area contributed by atoms with Gasteiger partial charge < -0.3 is 14.8 Å². The standard InChI is InChI=1S/C19H24N4O5S/c1-27-18-12-16(21-19(22-18)28-2)23-29(25,26)15-9-7-14(8-10-15)20-17(24)11-13-5-3-4-6-13/h7-10,12-13H,3-6,11H2,1-2H3,(H,20,24)(H,21,22,23). The summed E-state index contributed by atoms with van der Waals surface area (Å²) in [5.41, 5.74) is 0.553. The highest BCUT2D eigenvalue weighted by Gasteiger charge is 2.19. The van der Waals surface area contributed by atoms with Gasteiger partial charge in [0.05, 0.1) is 19.1 Å². The predicted octanol–water partition coefficient (Wildman–Crippen LogP) is 2.81. The molecule has 1 aromatic heterocycles. The average molecular weight is 420 g/mol. The minimum absolute atomic E-state index is 0.0163. The van der Waals surface area contributed by atoms with Gasteiger partial charge in [0.1, 0.15) is 0 Å². The fraction of sp³-hybridized carbons (Fsp3) is 0.421. The van der Waals surface area contributed by atoms with Crippen LogP contribution < -0.4 is 19.5 Å². The fourth-order valence-corrected chi connectivity index (χ4v) is 4.25. The van der Waals surface area contributed by atoms with Crippen LogP contribution in [0.15, 0.2) is 35.2 Å². The average Bonchev–Trinajstić information content (AvgIpc) is 3.20. The van der Waals surface area contributed by atoms with Crippen molar-refractivity contribution in [3.05, 3.63) is 30.3 Å². The second-order valence-corrected chi connectivity index (χ2v) is 8.50. The minimum Gasteiger partial charge on any atom is -0.481 e. The van der Waals surface area contributed by atoms with E-state index in [-0.39, 0.29) is 28.5 Å². The maximum atomic E-state index is 12.6. The Hall–Kier alpha value is -2.88. The summed E-state index contributed by atoms with van der Waals surface area (Å²) in [5.74, 6) is 0.573. The molecular weight excluding hydrogens is 396 g/mol. The second kappa shape index (κ2) is 9.08. The lowest BCUT2D eigenvalue weighted by molar-refractivity contribution is -0.117. The molecule has 0 aliphatic heterocycles. The third-order valence-corrected chi connectivity index (χ3v) is 6.08. The van der Waals surface area contributed by atoms with E-state index in [9.17, 15) is 13.2 Å². The zero-order valence-electron chi connectivity index (χ0n) is 16.3. The molecule has 3 rings (SSSR count). The summed E-state index contributed by atoms with van der Waals surface area (Å²) >= 11 is 0. The SMILES string of the molecule is COc1cc(NS(=O)(=O)c2ccc(NC(=O)CC3CCCC3)cc2)nc(OC)n1. The molecule has 2 aromatic rings. The van der Waals surface area contributed by atoms with Gasteiger partial charge in [0.2, 0.25) is 11.8 Å². The summed E-state index contributed by atoms with van der Waals surface area (Å²) in [7, 11) is -1.12. The molecule has 0 bridgehead atoms. The van der Waals surface area contributed by atoms with Gasteiger partial charge in [0.25, 0.3) is 10.0 Å². The third kappa shape index (κ3) is 5.57. The van der Waals surface area contributed by atoms with E-state index in [0.717, 1.165) is 12.8 Å². The highest BCUT2D eigenvalue weighted by molar-refractivity contribution is 7.92. The van der Waals surface area contributed by atoms with E-state index in [1.165, 1.54) is 45.3 Å². The molecule has 0 unspecified atom stereocenters. The number of carbonyl (C=O) groups is 1. The van der Waals surface area contributed by atoms with Crippen LogP contribution in [0, 0.1) is 5.92 Å². The van der Waals surface area contributed by atoms with Crippen LogP contribution in [0.2, 0.25) is 0 Å². The van der Waals surface area contributed by atoms with E-state index >= 15 is 0 Å². The molecule has 0 spiro atoms. The van der Waals surface area contributed by atoms with Crippen LogP contribution in [0.25, 0.3) is 0 Å². The Morgan fingerprint density at radius 1 is 1.10 bits per heavy atom. The molecule has 1 amide bonds.